The van der Waals surface area contributed by atoms with Gasteiger partial charge in [-0.15, -0.1) is 0 Å². The summed E-state index contributed by atoms with van der Waals surface area (Å²) in [5.74, 6) is 1.57. The molecule has 0 bridgehead atoms. The number of aliphatic hydroxyl groups is 1. The van der Waals surface area contributed by atoms with Gasteiger partial charge in [0.15, 0.2) is 5.75 Å². The van der Waals surface area contributed by atoms with Crippen molar-refractivity contribution >= 4 is 10.9 Å². The molecule has 0 saturated heterocycles. The van der Waals surface area contributed by atoms with E-state index >= 15 is 0 Å². The number of benzene rings is 3. The Hall–Kier alpha value is -3.04. The van der Waals surface area contributed by atoms with E-state index in [1.165, 1.54) is 0 Å². The fourth-order valence-electron chi connectivity index (χ4n) is 3.44. The second-order valence-corrected chi connectivity index (χ2v) is 6.43. The van der Waals surface area contributed by atoms with E-state index in [1.807, 2.05) is 85.9 Å². The van der Waals surface area contributed by atoms with Crippen molar-refractivity contribution in [2.24, 2.45) is 0 Å². The molecule has 3 heteroatoms. The summed E-state index contributed by atoms with van der Waals surface area (Å²) in [4.78, 5) is 0. The maximum absolute atomic E-state index is 10.5. The van der Waals surface area contributed by atoms with E-state index in [0.29, 0.717) is 0 Å². The van der Waals surface area contributed by atoms with Gasteiger partial charge in [0.05, 0.1) is 17.7 Å². The minimum atomic E-state index is -0.544. The number of hydrogen-bond acceptors (Lipinski definition) is 2. The number of aliphatic hydroxyl groups excluding tert-OH is 1. The lowest BCUT2D eigenvalue weighted by Gasteiger charge is -2.24. The molecule has 0 spiro atoms. The predicted octanol–water partition coefficient (Wildman–Crippen LogP) is 5.40. The first kappa shape index (κ1) is 16.4. The van der Waals surface area contributed by atoms with Gasteiger partial charge < -0.3 is 14.4 Å². The lowest BCUT2D eigenvalue weighted by Crippen LogP contribution is -2.22. The predicted molar refractivity (Wildman–Crippen MR) is 105 cm³/mol. The third-order valence-electron chi connectivity index (χ3n) is 4.57. The number of fused-ring (bicyclic) bond motifs is 1. The molecule has 3 aromatic carbocycles. The van der Waals surface area contributed by atoms with Crippen LogP contribution in [-0.4, -0.2) is 15.8 Å². The van der Waals surface area contributed by atoms with Gasteiger partial charge in [-0.1, -0.05) is 60.7 Å². The number of rotatable bonds is 5. The lowest BCUT2D eigenvalue weighted by molar-refractivity contribution is 0.150. The molecule has 4 aromatic rings. The number of ether oxygens (including phenoxy) is 1. The fraction of sp³-hybridized carbons (Fsp3) is 0.130. The maximum Gasteiger partial charge on any atom is 0.151 e. The number of aromatic nitrogens is 1. The normalized spacial score (nSPS) is 13.5. The summed E-state index contributed by atoms with van der Waals surface area (Å²) in [5, 5.41) is 11.6. The van der Waals surface area contributed by atoms with Crippen LogP contribution in [-0.2, 0) is 0 Å². The minimum absolute atomic E-state index is 0.186. The lowest BCUT2D eigenvalue weighted by atomic mass is 10.0. The molecule has 130 valence electrons. The van der Waals surface area contributed by atoms with Crippen molar-refractivity contribution < 1.29 is 9.84 Å². The van der Waals surface area contributed by atoms with Crippen molar-refractivity contribution in [1.29, 1.82) is 0 Å². The first-order chi connectivity index (χ1) is 12.7. The Kier molecular flexibility index (Phi) is 4.46. The largest absolute Gasteiger partial charge is 0.455 e. The number of nitrogens with zero attached hydrogens (tertiary/aromatic N) is 1. The quantitative estimate of drug-likeness (QED) is 0.526. The van der Waals surface area contributed by atoms with Crippen LogP contribution in [0, 0.1) is 0 Å². The van der Waals surface area contributed by atoms with Crippen LogP contribution < -0.4 is 4.74 Å². The molecule has 26 heavy (non-hydrogen) atoms. The van der Waals surface area contributed by atoms with Gasteiger partial charge in [0.25, 0.3) is 0 Å². The second-order valence-electron chi connectivity index (χ2n) is 6.43. The van der Waals surface area contributed by atoms with Gasteiger partial charge in [-0.2, -0.15) is 0 Å². The highest BCUT2D eigenvalue weighted by Crippen LogP contribution is 2.35. The van der Waals surface area contributed by atoms with Crippen LogP contribution in [0.5, 0.6) is 11.5 Å². The standard InChI is InChI=1S/C23H21NO2/c1-17(25)22(18-9-4-2-5-10-18)24-16-15-19-11-8-14-21(23(19)24)26-20-12-6-3-7-13-20/h2-17,22,25H,1H3. The van der Waals surface area contributed by atoms with Gasteiger partial charge >= 0.3 is 0 Å². The van der Waals surface area contributed by atoms with Crippen LogP contribution in [0.25, 0.3) is 10.9 Å². The summed E-state index contributed by atoms with van der Waals surface area (Å²) in [6.07, 6.45) is 1.48. The summed E-state index contributed by atoms with van der Waals surface area (Å²) in [6.45, 7) is 1.82. The summed E-state index contributed by atoms with van der Waals surface area (Å²) in [7, 11) is 0. The van der Waals surface area contributed by atoms with Crippen molar-refractivity contribution in [3.63, 3.8) is 0 Å². The smallest absolute Gasteiger partial charge is 0.151 e. The summed E-state index contributed by atoms with van der Waals surface area (Å²) in [5.41, 5.74) is 2.04. The molecule has 2 atom stereocenters. The topological polar surface area (TPSA) is 34.4 Å². The average molecular weight is 343 g/mol. The van der Waals surface area contributed by atoms with Gasteiger partial charge in [0.1, 0.15) is 5.75 Å². The molecule has 0 aliphatic heterocycles. The Morgan fingerprint density at radius 1 is 0.808 bits per heavy atom. The second kappa shape index (κ2) is 7.06. The van der Waals surface area contributed by atoms with Gasteiger partial charge in [-0.05, 0) is 36.8 Å². The first-order valence-electron chi connectivity index (χ1n) is 8.79. The Morgan fingerprint density at radius 2 is 1.50 bits per heavy atom. The molecule has 4 rings (SSSR count). The Labute approximate surface area is 153 Å². The highest BCUT2D eigenvalue weighted by molar-refractivity contribution is 5.86. The Morgan fingerprint density at radius 3 is 2.19 bits per heavy atom. The van der Waals surface area contributed by atoms with Crippen molar-refractivity contribution in [3.8, 4) is 11.5 Å². The summed E-state index contributed by atoms with van der Waals surface area (Å²) >= 11 is 0. The number of hydrogen-bond donors (Lipinski definition) is 1. The first-order valence-corrected chi connectivity index (χ1v) is 8.79. The van der Waals surface area contributed by atoms with E-state index in [0.717, 1.165) is 28.0 Å². The van der Waals surface area contributed by atoms with Gasteiger partial charge in [-0.3, -0.25) is 0 Å². The minimum Gasteiger partial charge on any atom is -0.455 e. The molecule has 0 amide bonds. The van der Waals surface area contributed by atoms with Crippen LogP contribution in [0.15, 0.2) is 91.1 Å². The zero-order chi connectivity index (χ0) is 17.9. The molecule has 1 N–H and O–H groups in total. The summed E-state index contributed by atoms with van der Waals surface area (Å²) < 4.78 is 8.26. The molecule has 3 nitrogen and oxygen atoms in total. The highest BCUT2D eigenvalue weighted by Gasteiger charge is 2.22. The fourth-order valence-corrected chi connectivity index (χ4v) is 3.44. The maximum atomic E-state index is 10.5. The van der Waals surface area contributed by atoms with E-state index in [1.54, 1.807) is 0 Å². The molecule has 0 aliphatic carbocycles. The van der Waals surface area contributed by atoms with Crippen LogP contribution in [0.4, 0.5) is 0 Å². The zero-order valence-electron chi connectivity index (χ0n) is 14.6. The highest BCUT2D eigenvalue weighted by atomic mass is 16.5. The molecular formula is C23H21NO2. The van der Waals surface area contributed by atoms with Crippen LogP contribution >= 0.6 is 0 Å². The van der Waals surface area contributed by atoms with Gasteiger partial charge in [0, 0.05) is 11.6 Å². The van der Waals surface area contributed by atoms with Crippen molar-refractivity contribution in [1.82, 2.24) is 4.57 Å². The third kappa shape index (κ3) is 3.09. The molecular weight excluding hydrogens is 322 g/mol. The molecule has 1 heterocycles. The van der Waals surface area contributed by atoms with Crippen molar-refractivity contribution in [2.75, 3.05) is 0 Å². The third-order valence-corrected chi connectivity index (χ3v) is 4.57. The van der Waals surface area contributed by atoms with Crippen LogP contribution in [0.3, 0.4) is 0 Å². The molecule has 0 radical (unpaired) electrons. The molecule has 0 aliphatic rings. The van der Waals surface area contributed by atoms with Crippen molar-refractivity contribution in [3.05, 3.63) is 96.7 Å². The van der Waals surface area contributed by atoms with E-state index in [-0.39, 0.29) is 6.04 Å². The average Bonchev–Trinajstić information content (AvgIpc) is 3.08. The van der Waals surface area contributed by atoms with E-state index in [9.17, 15) is 5.11 Å². The molecule has 0 saturated carbocycles. The Bertz CT molecular complexity index is 991. The van der Waals surface area contributed by atoms with E-state index < -0.39 is 6.10 Å². The molecule has 0 fully saturated rings. The van der Waals surface area contributed by atoms with E-state index in [2.05, 4.69) is 16.7 Å². The SMILES string of the molecule is CC(O)C(c1ccccc1)n1ccc2cccc(Oc3ccccc3)c21. The van der Waals surface area contributed by atoms with Crippen molar-refractivity contribution in [2.45, 2.75) is 19.1 Å². The van der Waals surface area contributed by atoms with Gasteiger partial charge in [0.2, 0.25) is 0 Å². The zero-order valence-corrected chi connectivity index (χ0v) is 14.6. The monoisotopic (exact) mass is 343 g/mol. The summed E-state index contributed by atoms with van der Waals surface area (Å²) in [6, 6.07) is 27.7. The van der Waals surface area contributed by atoms with E-state index in [4.69, 9.17) is 4.74 Å². The van der Waals surface area contributed by atoms with Gasteiger partial charge in [-0.25, -0.2) is 0 Å². The van der Waals surface area contributed by atoms with Crippen LogP contribution in [0.1, 0.15) is 18.5 Å². The number of para-hydroxylation sites is 2. The molecule has 2 unspecified atom stereocenters. The Balaban J connectivity index is 1.85. The van der Waals surface area contributed by atoms with Crippen LogP contribution in [0.2, 0.25) is 0 Å². The molecule has 1 aromatic heterocycles.